The predicted octanol–water partition coefficient (Wildman–Crippen LogP) is 2.01. The number of pyridine rings is 1. The van der Waals surface area contributed by atoms with E-state index in [1.165, 1.54) is 0 Å². The molecule has 8 nitrogen and oxygen atoms in total. The molecule has 2 atom stereocenters. The Morgan fingerprint density at radius 3 is 2.79 bits per heavy atom. The van der Waals surface area contributed by atoms with Crippen LogP contribution in [0.25, 0.3) is 10.9 Å². The van der Waals surface area contributed by atoms with Crippen molar-refractivity contribution in [2.45, 2.75) is 37.8 Å². The van der Waals surface area contributed by atoms with Gasteiger partial charge in [-0.2, -0.15) is 0 Å². The topological polar surface area (TPSA) is 118 Å². The molecule has 1 aliphatic rings. The summed E-state index contributed by atoms with van der Waals surface area (Å²) < 4.78 is 12.7. The number of carbonyl (C=O) groups is 3. The third kappa shape index (κ3) is 4.23. The van der Waals surface area contributed by atoms with Gasteiger partial charge in [-0.25, -0.2) is 4.39 Å². The number of amides is 1. The molecule has 1 amide bonds. The van der Waals surface area contributed by atoms with Crippen molar-refractivity contribution in [1.82, 2.24) is 10.3 Å². The Balaban J connectivity index is 1.79. The van der Waals surface area contributed by atoms with Crippen LogP contribution in [0, 0.1) is 0 Å². The fraction of sp³-hybridized carbons (Fsp3) is 0.350. The highest BCUT2D eigenvalue weighted by Gasteiger charge is 2.46. The molecule has 2 aromatic rings. The summed E-state index contributed by atoms with van der Waals surface area (Å²) in [7, 11) is 0. The summed E-state index contributed by atoms with van der Waals surface area (Å²) in [6.07, 6.45) is 1.25. The number of para-hydroxylation sites is 1. The maximum absolute atomic E-state index is 12.8. The third-order valence-corrected chi connectivity index (χ3v) is 4.90. The van der Waals surface area contributed by atoms with Gasteiger partial charge < -0.3 is 15.3 Å². The highest BCUT2D eigenvalue weighted by molar-refractivity contribution is 6.07. The van der Waals surface area contributed by atoms with Gasteiger partial charge in [0, 0.05) is 23.6 Å². The molecule has 1 aliphatic heterocycles. The summed E-state index contributed by atoms with van der Waals surface area (Å²) in [5, 5.41) is 16.2. The number of nitrogens with one attached hydrogen (secondary N) is 1. The van der Waals surface area contributed by atoms with E-state index in [9.17, 15) is 18.8 Å². The van der Waals surface area contributed by atoms with Crippen molar-refractivity contribution in [1.29, 1.82) is 0 Å². The number of aromatic nitrogens is 1. The van der Waals surface area contributed by atoms with Crippen molar-refractivity contribution in [2.24, 2.45) is 5.16 Å². The van der Waals surface area contributed by atoms with E-state index >= 15 is 0 Å². The van der Waals surface area contributed by atoms with Gasteiger partial charge in [-0.15, -0.1) is 0 Å². The molecular formula is C20H20FN3O5. The van der Waals surface area contributed by atoms with E-state index in [4.69, 9.17) is 9.94 Å². The summed E-state index contributed by atoms with van der Waals surface area (Å²) in [6, 6.07) is 7.96. The molecule has 2 unspecified atom stereocenters. The van der Waals surface area contributed by atoms with Gasteiger partial charge in [-0.1, -0.05) is 30.3 Å². The number of oxime groups is 1. The Morgan fingerprint density at radius 2 is 2.10 bits per heavy atom. The van der Waals surface area contributed by atoms with Crippen LogP contribution in [0.3, 0.4) is 0 Å². The van der Waals surface area contributed by atoms with Crippen LogP contribution in [0.15, 0.2) is 41.7 Å². The molecule has 2 heterocycles. The molecule has 0 fully saturated rings. The summed E-state index contributed by atoms with van der Waals surface area (Å²) in [4.78, 5) is 45.2. The van der Waals surface area contributed by atoms with Crippen LogP contribution < -0.4 is 5.32 Å². The minimum absolute atomic E-state index is 0.110. The summed E-state index contributed by atoms with van der Waals surface area (Å²) >= 11 is 0. The van der Waals surface area contributed by atoms with Crippen LogP contribution in [0.2, 0.25) is 0 Å². The van der Waals surface area contributed by atoms with Crippen LogP contribution in [0.5, 0.6) is 0 Å². The Kier molecular flexibility index (Phi) is 5.86. The van der Waals surface area contributed by atoms with Gasteiger partial charge in [0.1, 0.15) is 12.7 Å². The predicted molar refractivity (Wildman–Crippen MR) is 102 cm³/mol. The first-order chi connectivity index (χ1) is 13.9. The number of Topliss-reactive ketones (excluding diaryl/α,β-unsaturated/α-hetero) is 1. The number of alkyl halides is 1. The molecule has 1 aromatic carbocycles. The number of aliphatic carboxylic acids is 1. The van der Waals surface area contributed by atoms with E-state index in [-0.39, 0.29) is 12.8 Å². The van der Waals surface area contributed by atoms with Crippen LogP contribution >= 0.6 is 0 Å². The average Bonchev–Trinajstić information content (AvgIpc) is 3.18. The largest absolute Gasteiger partial charge is 0.481 e. The van der Waals surface area contributed by atoms with Crippen molar-refractivity contribution in [3.63, 3.8) is 0 Å². The number of fused-ring (bicyclic) bond motifs is 1. The second-order valence-corrected chi connectivity index (χ2v) is 6.79. The van der Waals surface area contributed by atoms with Crippen molar-refractivity contribution in [2.75, 3.05) is 6.67 Å². The molecule has 0 radical (unpaired) electrons. The maximum atomic E-state index is 12.8. The fourth-order valence-electron chi connectivity index (χ4n) is 3.14. The Hall–Kier alpha value is -3.36. The number of carbonyl (C=O) groups excluding carboxylic acids is 2. The zero-order valence-electron chi connectivity index (χ0n) is 15.7. The lowest BCUT2D eigenvalue weighted by atomic mass is 9.90. The average molecular weight is 401 g/mol. The molecule has 1 aromatic heterocycles. The fourth-order valence-corrected chi connectivity index (χ4v) is 3.14. The molecule has 9 heteroatoms. The van der Waals surface area contributed by atoms with Gasteiger partial charge in [0.05, 0.1) is 17.6 Å². The molecule has 2 N–H and O–H groups in total. The molecule has 152 valence electrons. The van der Waals surface area contributed by atoms with Crippen LogP contribution in [-0.2, 0) is 19.2 Å². The molecular weight excluding hydrogens is 381 g/mol. The minimum atomic E-state index is -1.47. The number of hydrogen-bond acceptors (Lipinski definition) is 6. The van der Waals surface area contributed by atoms with E-state index in [2.05, 4.69) is 15.5 Å². The monoisotopic (exact) mass is 401 g/mol. The molecule has 0 saturated heterocycles. The SMILES string of the molecule is CCC1(C(=O)NC(CC(=O)O)C(=O)CF)CC(c2cnc3ccccc3c2)=NO1. The summed E-state index contributed by atoms with van der Waals surface area (Å²) in [5.41, 5.74) is 0.603. The van der Waals surface area contributed by atoms with Crippen molar-refractivity contribution >= 4 is 34.3 Å². The molecule has 0 saturated carbocycles. The van der Waals surface area contributed by atoms with E-state index in [1.807, 2.05) is 30.3 Å². The number of nitrogens with zero attached hydrogens (tertiary/aromatic N) is 2. The first kappa shape index (κ1) is 20.4. The van der Waals surface area contributed by atoms with E-state index in [1.54, 1.807) is 13.1 Å². The maximum Gasteiger partial charge on any atom is 0.305 e. The number of halogens is 1. The second kappa shape index (κ2) is 8.34. The Labute approximate surface area is 165 Å². The summed E-state index contributed by atoms with van der Waals surface area (Å²) in [6.45, 7) is 0.336. The standard InChI is InChI=1S/C20H20FN3O5/c1-2-20(19(28)23-15(8-18(26)27)17(25)10-21)9-16(24-29-20)13-7-12-5-3-4-6-14(12)22-11-13/h3-7,11,15H,2,8-10H2,1H3,(H,23,28)(H,26,27). The zero-order chi connectivity index (χ0) is 21.0. The van der Waals surface area contributed by atoms with Crippen molar-refractivity contribution in [3.8, 4) is 0 Å². The quantitative estimate of drug-likeness (QED) is 0.699. The zero-order valence-corrected chi connectivity index (χ0v) is 15.7. The van der Waals surface area contributed by atoms with E-state index in [0.29, 0.717) is 11.3 Å². The van der Waals surface area contributed by atoms with Gasteiger partial charge in [0.25, 0.3) is 5.91 Å². The van der Waals surface area contributed by atoms with Crippen LogP contribution in [-0.4, -0.2) is 51.8 Å². The molecule has 0 spiro atoms. The molecule has 0 aliphatic carbocycles. The minimum Gasteiger partial charge on any atom is -0.481 e. The van der Waals surface area contributed by atoms with E-state index < -0.39 is 42.4 Å². The lowest BCUT2D eigenvalue weighted by molar-refractivity contribution is -0.148. The number of carboxylic acids is 1. The Bertz CT molecular complexity index is 993. The highest BCUT2D eigenvalue weighted by Crippen LogP contribution is 2.31. The third-order valence-electron chi connectivity index (χ3n) is 4.90. The molecule has 0 bridgehead atoms. The lowest BCUT2D eigenvalue weighted by Crippen LogP contribution is -2.53. The normalized spacial score (nSPS) is 19.3. The lowest BCUT2D eigenvalue weighted by Gasteiger charge is -2.26. The van der Waals surface area contributed by atoms with Gasteiger partial charge in [-0.3, -0.25) is 19.4 Å². The second-order valence-electron chi connectivity index (χ2n) is 6.79. The molecule has 3 rings (SSSR count). The first-order valence-electron chi connectivity index (χ1n) is 9.10. The van der Waals surface area contributed by atoms with Crippen molar-refractivity contribution < 1.29 is 28.7 Å². The van der Waals surface area contributed by atoms with Crippen molar-refractivity contribution in [3.05, 3.63) is 42.1 Å². The molecule has 29 heavy (non-hydrogen) atoms. The number of rotatable bonds is 8. The van der Waals surface area contributed by atoms with Crippen LogP contribution in [0.4, 0.5) is 4.39 Å². The van der Waals surface area contributed by atoms with Crippen LogP contribution in [0.1, 0.15) is 31.7 Å². The Morgan fingerprint density at radius 1 is 1.34 bits per heavy atom. The van der Waals surface area contributed by atoms with Gasteiger partial charge >= 0.3 is 5.97 Å². The van der Waals surface area contributed by atoms with Gasteiger partial charge in [0.2, 0.25) is 5.60 Å². The van der Waals surface area contributed by atoms with E-state index in [0.717, 1.165) is 10.9 Å². The smallest absolute Gasteiger partial charge is 0.305 e. The highest BCUT2D eigenvalue weighted by atomic mass is 19.1. The first-order valence-corrected chi connectivity index (χ1v) is 9.10. The summed E-state index contributed by atoms with van der Waals surface area (Å²) in [5.74, 6) is -3.04. The van der Waals surface area contributed by atoms with Gasteiger partial charge in [-0.05, 0) is 18.6 Å². The number of hydrogen-bond donors (Lipinski definition) is 2. The number of ketones is 1. The van der Waals surface area contributed by atoms with Gasteiger partial charge in [0.15, 0.2) is 5.78 Å². The number of benzene rings is 1. The number of carboxylic acid groups (broad SMARTS) is 1.